The van der Waals surface area contributed by atoms with Crippen molar-refractivity contribution in [2.45, 2.75) is 25.7 Å². The van der Waals surface area contributed by atoms with E-state index in [4.69, 9.17) is 19.4 Å². The number of hydrogen-bond acceptors (Lipinski definition) is 8. The van der Waals surface area contributed by atoms with Crippen LogP contribution in [0.1, 0.15) is 30.5 Å². The van der Waals surface area contributed by atoms with Crippen molar-refractivity contribution >= 4 is 29.4 Å². The van der Waals surface area contributed by atoms with E-state index >= 15 is 0 Å². The summed E-state index contributed by atoms with van der Waals surface area (Å²) in [5.74, 6) is 0.908. The predicted molar refractivity (Wildman–Crippen MR) is 118 cm³/mol. The third kappa shape index (κ3) is 5.24. The minimum atomic E-state index is -3.77. The zero-order valence-corrected chi connectivity index (χ0v) is 18.5. The van der Waals surface area contributed by atoms with Gasteiger partial charge in [0.1, 0.15) is 10.6 Å². The Kier molecular flexibility index (Phi) is 6.68. The number of amidine groups is 1. The minimum absolute atomic E-state index is 0.157. The number of aryl methyl sites for hydroxylation is 1. The van der Waals surface area contributed by atoms with Gasteiger partial charge in [-0.3, -0.25) is 0 Å². The molecule has 0 saturated carbocycles. The number of fused-ring (bicyclic) bond motifs is 1. The highest BCUT2D eigenvalue weighted by Crippen LogP contribution is 2.30. The van der Waals surface area contributed by atoms with Gasteiger partial charge < -0.3 is 19.4 Å². The molecule has 11 heteroatoms. The summed E-state index contributed by atoms with van der Waals surface area (Å²) in [6, 6.07) is 9.87. The molecule has 1 aliphatic rings. The number of ether oxygens (including phenoxy) is 1. The van der Waals surface area contributed by atoms with Crippen LogP contribution >= 0.6 is 0 Å². The van der Waals surface area contributed by atoms with Gasteiger partial charge >= 0.3 is 7.32 Å². The lowest BCUT2D eigenvalue weighted by atomic mass is 10.1. The van der Waals surface area contributed by atoms with E-state index in [0.717, 1.165) is 5.56 Å². The number of methoxy groups -OCH3 is 1. The van der Waals surface area contributed by atoms with E-state index in [1.807, 2.05) is 20.8 Å². The first-order valence-electron chi connectivity index (χ1n) is 9.59. The van der Waals surface area contributed by atoms with Crippen molar-refractivity contribution in [3.05, 3.63) is 53.1 Å². The Morgan fingerprint density at radius 1 is 1.19 bits per heavy atom. The number of sulfonamides is 1. The summed E-state index contributed by atoms with van der Waals surface area (Å²) in [6.07, 6.45) is 1.55. The van der Waals surface area contributed by atoms with Crippen molar-refractivity contribution < 1.29 is 27.9 Å². The molecule has 0 aromatic heterocycles. The van der Waals surface area contributed by atoms with Gasteiger partial charge in [-0.05, 0) is 48.7 Å². The molecule has 0 spiro atoms. The maximum absolute atomic E-state index is 12.5. The molecule has 0 unspecified atom stereocenters. The van der Waals surface area contributed by atoms with Gasteiger partial charge in [0.05, 0.1) is 13.3 Å². The highest BCUT2D eigenvalue weighted by atomic mass is 32.2. The third-order valence-corrected chi connectivity index (χ3v) is 5.73. The second-order valence-electron chi connectivity index (χ2n) is 7.46. The Labute approximate surface area is 181 Å². The van der Waals surface area contributed by atoms with Crippen LogP contribution in [0.15, 0.2) is 50.8 Å². The van der Waals surface area contributed by atoms with Gasteiger partial charge in [-0.2, -0.15) is 13.5 Å². The van der Waals surface area contributed by atoms with Gasteiger partial charge in [-0.1, -0.05) is 25.5 Å². The fourth-order valence-corrected chi connectivity index (χ4v) is 4.27. The Morgan fingerprint density at radius 3 is 2.58 bits per heavy atom. The molecule has 0 bridgehead atoms. The van der Waals surface area contributed by atoms with Crippen molar-refractivity contribution in [3.8, 4) is 11.5 Å². The Balaban J connectivity index is 1.97. The molecule has 164 valence electrons. The Morgan fingerprint density at radius 2 is 1.94 bits per heavy atom. The first-order valence-corrected chi connectivity index (χ1v) is 11.0. The lowest BCUT2D eigenvalue weighted by Crippen LogP contribution is -2.29. The lowest BCUT2D eigenvalue weighted by Gasteiger charge is -2.21. The van der Waals surface area contributed by atoms with E-state index in [2.05, 4.69) is 9.50 Å². The van der Waals surface area contributed by atoms with Gasteiger partial charge in [-0.25, -0.2) is 5.01 Å². The summed E-state index contributed by atoms with van der Waals surface area (Å²) in [5.41, 5.74) is 2.08. The van der Waals surface area contributed by atoms with E-state index in [1.165, 1.54) is 13.2 Å². The molecule has 1 heterocycles. The lowest BCUT2D eigenvalue weighted by molar-refractivity contribution is 0.279. The molecular weight excluding hydrogens is 421 g/mol. The van der Waals surface area contributed by atoms with Crippen molar-refractivity contribution in [2.75, 3.05) is 13.7 Å². The summed E-state index contributed by atoms with van der Waals surface area (Å²) in [5, 5.41) is 24.1. The van der Waals surface area contributed by atoms with Crippen molar-refractivity contribution in [2.24, 2.45) is 15.4 Å². The van der Waals surface area contributed by atoms with Crippen LogP contribution in [-0.4, -0.2) is 56.5 Å². The number of hydrazone groups is 1. The normalized spacial score (nSPS) is 14.5. The zero-order valence-electron chi connectivity index (χ0n) is 17.7. The van der Waals surface area contributed by atoms with Crippen molar-refractivity contribution in [1.82, 2.24) is 5.01 Å². The first-order chi connectivity index (χ1) is 14.6. The molecule has 0 saturated heterocycles. The summed E-state index contributed by atoms with van der Waals surface area (Å²) in [6.45, 7) is 6.34. The molecule has 0 aliphatic carbocycles. The van der Waals surface area contributed by atoms with Crippen LogP contribution < -0.4 is 9.39 Å². The summed E-state index contributed by atoms with van der Waals surface area (Å²) in [7, 11) is -4.32. The Bertz CT molecular complexity index is 1130. The molecule has 2 N–H and O–H groups in total. The van der Waals surface area contributed by atoms with Crippen LogP contribution in [-0.2, 0) is 10.0 Å². The quantitative estimate of drug-likeness (QED) is 0.379. The molecular formula is C20H24BN3O6S. The van der Waals surface area contributed by atoms with Crippen LogP contribution in [0.2, 0.25) is 0 Å². The second kappa shape index (κ2) is 9.09. The molecule has 2 aromatic rings. The van der Waals surface area contributed by atoms with Gasteiger partial charge in [-0.15, -0.1) is 4.40 Å². The Hall–Kier alpha value is -2.89. The standard InChI is InChI=1S/C20H24BN3O6S/c1-13(2)12-24(20-16-9-14(3)5-8-19(16)31(27,28)23-20)22-11-15-6-7-17(30-21(25)26)18(10-15)29-4/h5-11,13,25-26H,12H2,1-4H3/b22-11+. The van der Waals surface area contributed by atoms with E-state index in [9.17, 15) is 8.42 Å². The van der Waals surface area contributed by atoms with Gasteiger partial charge in [0.2, 0.25) is 0 Å². The maximum atomic E-state index is 12.5. The molecule has 9 nitrogen and oxygen atoms in total. The van der Waals surface area contributed by atoms with Gasteiger partial charge in [0, 0.05) is 12.1 Å². The zero-order chi connectivity index (χ0) is 22.8. The molecule has 3 rings (SSSR count). The third-order valence-electron chi connectivity index (χ3n) is 4.41. The maximum Gasteiger partial charge on any atom is 0.707 e. The van der Waals surface area contributed by atoms with E-state index in [-0.39, 0.29) is 28.1 Å². The molecule has 0 atom stereocenters. The molecule has 0 radical (unpaired) electrons. The molecule has 31 heavy (non-hydrogen) atoms. The summed E-state index contributed by atoms with van der Waals surface area (Å²) >= 11 is 0. The van der Waals surface area contributed by atoms with Gasteiger partial charge in [0.15, 0.2) is 11.6 Å². The fourth-order valence-electron chi connectivity index (χ4n) is 3.09. The number of nitrogens with zero attached hydrogens (tertiary/aromatic N) is 3. The van der Waals surface area contributed by atoms with Crippen molar-refractivity contribution in [3.63, 3.8) is 0 Å². The number of hydrogen-bond donors (Lipinski definition) is 2. The number of rotatable bonds is 7. The van der Waals surface area contributed by atoms with Crippen LogP contribution in [0.5, 0.6) is 11.5 Å². The minimum Gasteiger partial charge on any atom is -0.509 e. The topological polar surface area (TPSA) is 121 Å². The predicted octanol–water partition coefficient (Wildman–Crippen LogP) is 1.79. The van der Waals surface area contributed by atoms with Crippen LogP contribution in [0.3, 0.4) is 0 Å². The smallest absolute Gasteiger partial charge is 0.509 e. The van der Waals surface area contributed by atoms with E-state index in [0.29, 0.717) is 17.7 Å². The van der Waals surface area contributed by atoms with E-state index in [1.54, 1.807) is 41.6 Å². The highest BCUT2D eigenvalue weighted by Gasteiger charge is 2.32. The van der Waals surface area contributed by atoms with Crippen LogP contribution in [0.25, 0.3) is 0 Å². The molecule has 2 aromatic carbocycles. The highest BCUT2D eigenvalue weighted by molar-refractivity contribution is 7.90. The monoisotopic (exact) mass is 445 g/mol. The second-order valence-corrected chi connectivity index (χ2v) is 9.04. The van der Waals surface area contributed by atoms with Crippen LogP contribution in [0, 0.1) is 12.8 Å². The fraction of sp³-hybridized carbons (Fsp3) is 0.300. The largest absolute Gasteiger partial charge is 0.707 e. The van der Waals surface area contributed by atoms with Gasteiger partial charge in [0.25, 0.3) is 10.0 Å². The van der Waals surface area contributed by atoms with Crippen LogP contribution in [0.4, 0.5) is 0 Å². The average Bonchev–Trinajstić information content (AvgIpc) is 2.95. The summed E-state index contributed by atoms with van der Waals surface area (Å²) < 4.78 is 39.1. The van der Waals surface area contributed by atoms with Crippen molar-refractivity contribution in [1.29, 1.82) is 0 Å². The molecule has 0 amide bonds. The molecule has 1 aliphatic heterocycles. The first kappa shape index (κ1) is 22.8. The molecule has 0 fully saturated rings. The SMILES string of the molecule is COc1cc(/C=N/N(CC(C)C)C2=NS(=O)(=O)c3ccc(C)cc32)ccc1OB(O)O. The average molecular weight is 445 g/mol. The van der Waals surface area contributed by atoms with E-state index < -0.39 is 17.3 Å². The number of benzene rings is 2. The summed E-state index contributed by atoms with van der Waals surface area (Å²) in [4.78, 5) is 0.169.